The molecule has 0 saturated carbocycles. The van der Waals surface area contributed by atoms with Gasteiger partial charge in [0.25, 0.3) is 5.56 Å². The topological polar surface area (TPSA) is 64.4 Å². The predicted molar refractivity (Wildman–Crippen MR) is 137 cm³/mol. The molecule has 1 aromatic carbocycles. The molecule has 3 aliphatic rings. The Balaban J connectivity index is 1.35. The summed E-state index contributed by atoms with van der Waals surface area (Å²) < 4.78 is 7.66. The van der Waals surface area contributed by atoms with Crippen LogP contribution in [0.3, 0.4) is 0 Å². The summed E-state index contributed by atoms with van der Waals surface area (Å²) in [5.74, 6) is 0.0640. The summed E-state index contributed by atoms with van der Waals surface area (Å²) >= 11 is 3.06. The number of thioether (sulfide) groups is 1. The van der Waals surface area contributed by atoms with E-state index in [0.717, 1.165) is 61.0 Å². The zero-order valence-electron chi connectivity index (χ0n) is 19.6. The quantitative estimate of drug-likeness (QED) is 0.383. The maximum atomic E-state index is 13.7. The number of hydrogen-bond acceptors (Lipinski definition) is 6. The summed E-state index contributed by atoms with van der Waals surface area (Å²) in [5.41, 5.74) is 3.44. The van der Waals surface area contributed by atoms with Crippen LogP contribution in [0.1, 0.15) is 49.1 Å². The first-order chi connectivity index (χ1) is 16.5. The summed E-state index contributed by atoms with van der Waals surface area (Å²) in [4.78, 5) is 36.4. The lowest BCUT2D eigenvalue weighted by Gasteiger charge is -2.26. The number of fused-ring (bicyclic) bond motifs is 4. The fraction of sp³-hybridized carbons (Fsp3) is 0.500. The smallest absolute Gasteiger partial charge is 0.263 e. The average Bonchev–Trinajstić information content (AvgIpc) is 3.59. The van der Waals surface area contributed by atoms with Crippen molar-refractivity contribution in [1.29, 1.82) is 0 Å². The third kappa shape index (κ3) is 3.71. The number of thiophene rings is 1. The van der Waals surface area contributed by atoms with Crippen LogP contribution in [-0.2, 0) is 35.3 Å². The number of aryl methyl sites for hydroxylation is 2. The maximum Gasteiger partial charge on any atom is 0.263 e. The number of para-hydroxylation sites is 1. The number of nitrogens with zero attached hydrogens (tertiary/aromatic N) is 3. The van der Waals surface area contributed by atoms with Gasteiger partial charge in [-0.25, -0.2) is 4.98 Å². The van der Waals surface area contributed by atoms with Crippen LogP contribution in [0.4, 0.5) is 5.69 Å². The lowest BCUT2D eigenvalue weighted by atomic mass is 10.1. The van der Waals surface area contributed by atoms with Gasteiger partial charge in [-0.05, 0) is 69.6 Å². The number of rotatable bonds is 5. The Kier molecular flexibility index (Phi) is 5.78. The van der Waals surface area contributed by atoms with Gasteiger partial charge in [-0.1, -0.05) is 30.0 Å². The first-order valence-corrected chi connectivity index (χ1v) is 13.9. The van der Waals surface area contributed by atoms with Gasteiger partial charge in [-0.2, -0.15) is 0 Å². The number of hydrogen-bond donors (Lipinski definition) is 0. The van der Waals surface area contributed by atoms with Crippen LogP contribution in [-0.4, -0.2) is 39.5 Å². The third-order valence-corrected chi connectivity index (χ3v) is 9.54. The molecule has 0 bridgehead atoms. The number of anilines is 1. The van der Waals surface area contributed by atoms with Crippen molar-refractivity contribution < 1.29 is 9.53 Å². The molecule has 178 valence electrons. The van der Waals surface area contributed by atoms with Crippen molar-refractivity contribution >= 4 is 44.9 Å². The molecule has 1 saturated heterocycles. The molecule has 0 spiro atoms. The van der Waals surface area contributed by atoms with Gasteiger partial charge >= 0.3 is 0 Å². The molecule has 0 unspecified atom stereocenters. The number of aromatic nitrogens is 2. The highest BCUT2D eigenvalue weighted by Gasteiger charge is 2.34. The van der Waals surface area contributed by atoms with Crippen molar-refractivity contribution in [2.24, 2.45) is 0 Å². The first-order valence-electron chi connectivity index (χ1n) is 12.3. The van der Waals surface area contributed by atoms with Gasteiger partial charge in [0.1, 0.15) is 4.83 Å². The normalized spacial score (nSPS) is 22.4. The average molecular weight is 496 g/mol. The molecule has 4 heterocycles. The minimum atomic E-state index is -0.361. The van der Waals surface area contributed by atoms with Gasteiger partial charge in [0.2, 0.25) is 5.91 Å². The Hall–Kier alpha value is -2.16. The SMILES string of the molecule is C[C@H](Sc1nc2sc3c(c2c(=O)n1C[C@H]1CCCO1)CCC3)C(=O)N1c2ccccc2C[C@@H]1C. The monoisotopic (exact) mass is 495 g/mol. The minimum Gasteiger partial charge on any atom is -0.376 e. The molecule has 6 rings (SSSR count). The van der Waals surface area contributed by atoms with E-state index in [4.69, 9.17) is 9.72 Å². The molecule has 6 nitrogen and oxygen atoms in total. The fourth-order valence-corrected chi connectivity index (χ4v) is 7.88. The molecular formula is C26H29N3O3S2. The van der Waals surface area contributed by atoms with Crippen molar-refractivity contribution in [2.75, 3.05) is 11.5 Å². The molecule has 1 fully saturated rings. The van der Waals surface area contributed by atoms with Crippen molar-refractivity contribution in [2.45, 2.75) is 81.5 Å². The molecule has 0 radical (unpaired) electrons. The molecule has 1 amide bonds. The highest BCUT2D eigenvalue weighted by atomic mass is 32.2. The highest BCUT2D eigenvalue weighted by molar-refractivity contribution is 8.00. The van der Waals surface area contributed by atoms with E-state index < -0.39 is 0 Å². The highest BCUT2D eigenvalue weighted by Crippen LogP contribution is 2.38. The molecular weight excluding hydrogens is 466 g/mol. The molecule has 34 heavy (non-hydrogen) atoms. The molecule has 1 aliphatic carbocycles. The maximum absolute atomic E-state index is 13.7. The Morgan fingerprint density at radius 3 is 2.97 bits per heavy atom. The van der Waals surface area contributed by atoms with Crippen LogP contribution in [0, 0.1) is 0 Å². The van der Waals surface area contributed by atoms with Crippen LogP contribution < -0.4 is 10.5 Å². The largest absolute Gasteiger partial charge is 0.376 e. The number of carbonyl (C=O) groups is 1. The Bertz CT molecular complexity index is 1320. The van der Waals surface area contributed by atoms with Crippen LogP contribution in [0.25, 0.3) is 10.2 Å². The lowest BCUT2D eigenvalue weighted by Crippen LogP contribution is -2.40. The molecule has 0 N–H and O–H groups in total. The van der Waals surface area contributed by atoms with E-state index in [0.29, 0.717) is 11.7 Å². The summed E-state index contributed by atoms with van der Waals surface area (Å²) in [6.45, 7) is 5.27. The zero-order valence-corrected chi connectivity index (χ0v) is 21.2. The van der Waals surface area contributed by atoms with E-state index in [2.05, 4.69) is 13.0 Å². The van der Waals surface area contributed by atoms with E-state index in [1.807, 2.05) is 30.0 Å². The summed E-state index contributed by atoms with van der Waals surface area (Å²) in [7, 11) is 0. The van der Waals surface area contributed by atoms with Gasteiger partial charge in [-0.3, -0.25) is 14.2 Å². The van der Waals surface area contributed by atoms with E-state index in [1.165, 1.54) is 27.8 Å². The van der Waals surface area contributed by atoms with Crippen LogP contribution in [0.2, 0.25) is 0 Å². The van der Waals surface area contributed by atoms with Crippen LogP contribution in [0.5, 0.6) is 0 Å². The standard InChI is InChI=1S/C26H29N3O3S2/c1-15-13-17-7-3-4-10-20(17)29(15)24(30)16(2)33-26-27-23-22(19-9-5-11-21(19)34-23)25(31)28(26)14-18-8-6-12-32-18/h3-4,7,10,15-16,18H,5-6,8-9,11-14H2,1-2H3/t15-,16-,18+/m0/s1. The van der Waals surface area contributed by atoms with Gasteiger partial charge in [0, 0.05) is 23.2 Å². The van der Waals surface area contributed by atoms with Gasteiger partial charge < -0.3 is 9.64 Å². The zero-order chi connectivity index (χ0) is 23.4. The molecule has 2 aromatic heterocycles. The Morgan fingerprint density at radius 1 is 1.29 bits per heavy atom. The second kappa shape index (κ2) is 8.81. The van der Waals surface area contributed by atoms with Crippen molar-refractivity contribution in [3.63, 3.8) is 0 Å². The summed E-state index contributed by atoms with van der Waals surface area (Å²) in [6.07, 6.45) is 5.97. The van der Waals surface area contributed by atoms with Crippen molar-refractivity contribution in [1.82, 2.24) is 9.55 Å². The number of benzene rings is 1. The number of ether oxygens (including phenoxy) is 1. The lowest BCUT2D eigenvalue weighted by molar-refractivity contribution is -0.118. The van der Waals surface area contributed by atoms with E-state index >= 15 is 0 Å². The van der Waals surface area contributed by atoms with Crippen molar-refractivity contribution in [3.8, 4) is 0 Å². The Labute approximate surface area is 207 Å². The fourth-order valence-electron chi connectivity index (χ4n) is 5.61. The van der Waals surface area contributed by atoms with Gasteiger partial charge in [-0.15, -0.1) is 11.3 Å². The molecule has 2 aliphatic heterocycles. The van der Waals surface area contributed by atoms with Crippen LogP contribution in [0.15, 0.2) is 34.2 Å². The predicted octanol–water partition coefficient (Wildman–Crippen LogP) is 4.58. The Morgan fingerprint density at radius 2 is 2.15 bits per heavy atom. The van der Waals surface area contributed by atoms with E-state index in [9.17, 15) is 9.59 Å². The second-order valence-corrected chi connectivity index (χ2v) is 12.0. The minimum absolute atomic E-state index is 0.0273. The molecule has 8 heteroatoms. The van der Waals surface area contributed by atoms with Crippen LogP contribution >= 0.6 is 23.1 Å². The van der Waals surface area contributed by atoms with E-state index in [-0.39, 0.29) is 28.9 Å². The summed E-state index contributed by atoms with van der Waals surface area (Å²) in [5, 5.41) is 1.07. The molecule has 3 aromatic rings. The van der Waals surface area contributed by atoms with Crippen molar-refractivity contribution in [3.05, 3.63) is 50.6 Å². The van der Waals surface area contributed by atoms with E-state index in [1.54, 1.807) is 15.9 Å². The van der Waals surface area contributed by atoms with Gasteiger partial charge in [0.15, 0.2) is 5.16 Å². The molecule has 3 atom stereocenters. The summed E-state index contributed by atoms with van der Waals surface area (Å²) in [6, 6.07) is 8.26. The van der Waals surface area contributed by atoms with Gasteiger partial charge in [0.05, 0.1) is 23.3 Å². The number of carbonyl (C=O) groups excluding carboxylic acids is 1. The number of amides is 1. The third-order valence-electron chi connectivity index (χ3n) is 7.27. The second-order valence-electron chi connectivity index (χ2n) is 9.63. The first kappa shape index (κ1) is 22.3.